The van der Waals surface area contributed by atoms with E-state index >= 15 is 0 Å². The molecule has 21 heavy (non-hydrogen) atoms. The monoisotopic (exact) mass is 367 g/mol. The molecule has 114 valence electrons. The SMILES string of the molecule is CCCNC(c1ccc(CCOC)cc1)c1csc(Br)c1. The van der Waals surface area contributed by atoms with Crippen LogP contribution in [-0.2, 0) is 11.2 Å². The van der Waals surface area contributed by atoms with Crippen LogP contribution in [0.25, 0.3) is 0 Å². The summed E-state index contributed by atoms with van der Waals surface area (Å²) in [6.45, 7) is 3.99. The Kier molecular flexibility index (Phi) is 6.90. The van der Waals surface area contributed by atoms with Crippen molar-refractivity contribution < 1.29 is 4.74 Å². The zero-order valence-corrected chi connectivity index (χ0v) is 15.0. The van der Waals surface area contributed by atoms with Crippen LogP contribution in [0.1, 0.15) is 36.1 Å². The molecule has 0 fully saturated rings. The molecule has 1 heterocycles. The van der Waals surface area contributed by atoms with Gasteiger partial charge in [0.05, 0.1) is 16.4 Å². The fraction of sp³-hybridized carbons (Fsp3) is 0.412. The van der Waals surface area contributed by atoms with Crippen LogP contribution in [-0.4, -0.2) is 20.3 Å². The second-order valence-corrected chi connectivity index (χ2v) is 7.35. The number of methoxy groups -OCH3 is 1. The summed E-state index contributed by atoms with van der Waals surface area (Å²) in [4.78, 5) is 0. The van der Waals surface area contributed by atoms with Crippen LogP contribution in [0.5, 0.6) is 0 Å². The summed E-state index contributed by atoms with van der Waals surface area (Å²) in [5.74, 6) is 0. The summed E-state index contributed by atoms with van der Waals surface area (Å²) in [6.07, 6.45) is 2.10. The van der Waals surface area contributed by atoms with E-state index in [0.29, 0.717) is 0 Å². The van der Waals surface area contributed by atoms with Crippen LogP contribution in [0.3, 0.4) is 0 Å². The van der Waals surface area contributed by atoms with Crippen LogP contribution in [0.2, 0.25) is 0 Å². The van der Waals surface area contributed by atoms with Crippen molar-refractivity contribution >= 4 is 27.3 Å². The van der Waals surface area contributed by atoms with Gasteiger partial charge < -0.3 is 10.1 Å². The highest BCUT2D eigenvalue weighted by Crippen LogP contribution is 2.29. The Balaban J connectivity index is 2.16. The van der Waals surface area contributed by atoms with E-state index in [-0.39, 0.29) is 6.04 Å². The number of thiophene rings is 1. The van der Waals surface area contributed by atoms with Gasteiger partial charge in [-0.25, -0.2) is 0 Å². The first-order chi connectivity index (χ1) is 10.2. The largest absolute Gasteiger partial charge is 0.384 e. The highest BCUT2D eigenvalue weighted by atomic mass is 79.9. The van der Waals surface area contributed by atoms with Crippen LogP contribution >= 0.6 is 27.3 Å². The zero-order valence-electron chi connectivity index (χ0n) is 12.6. The lowest BCUT2D eigenvalue weighted by Crippen LogP contribution is -2.22. The van der Waals surface area contributed by atoms with E-state index in [9.17, 15) is 0 Å². The Bertz CT molecular complexity index is 538. The van der Waals surface area contributed by atoms with Crippen LogP contribution < -0.4 is 5.32 Å². The first kappa shape index (κ1) is 16.7. The molecule has 0 amide bonds. The topological polar surface area (TPSA) is 21.3 Å². The molecule has 4 heteroatoms. The van der Waals surface area contributed by atoms with Crippen molar-refractivity contribution in [1.82, 2.24) is 5.32 Å². The number of halogens is 1. The molecule has 0 bridgehead atoms. The predicted octanol–water partition coefficient (Wildman–Crippen LogP) is 4.79. The summed E-state index contributed by atoms with van der Waals surface area (Å²) in [7, 11) is 1.74. The van der Waals surface area contributed by atoms with Gasteiger partial charge in [0, 0.05) is 7.11 Å². The molecule has 0 spiro atoms. The van der Waals surface area contributed by atoms with Crippen LogP contribution in [0.15, 0.2) is 39.5 Å². The Morgan fingerprint density at radius 2 is 2.00 bits per heavy atom. The number of hydrogen-bond donors (Lipinski definition) is 1. The van der Waals surface area contributed by atoms with Gasteiger partial charge >= 0.3 is 0 Å². The first-order valence-corrected chi connectivity index (χ1v) is 8.97. The van der Waals surface area contributed by atoms with Gasteiger partial charge in [0.1, 0.15) is 0 Å². The summed E-state index contributed by atoms with van der Waals surface area (Å²) in [5, 5.41) is 5.86. The molecule has 1 aromatic carbocycles. The summed E-state index contributed by atoms with van der Waals surface area (Å²) in [6, 6.07) is 11.3. The smallest absolute Gasteiger partial charge is 0.0701 e. The molecule has 2 rings (SSSR count). The second kappa shape index (κ2) is 8.69. The van der Waals surface area contributed by atoms with Crippen molar-refractivity contribution in [3.05, 3.63) is 56.2 Å². The van der Waals surface area contributed by atoms with E-state index in [4.69, 9.17) is 4.74 Å². The van der Waals surface area contributed by atoms with Crippen molar-refractivity contribution in [2.75, 3.05) is 20.3 Å². The highest BCUT2D eigenvalue weighted by Gasteiger charge is 2.14. The van der Waals surface area contributed by atoms with Crippen molar-refractivity contribution in [2.24, 2.45) is 0 Å². The van der Waals surface area contributed by atoms with Crippen molar-refractivity contribution in [3.63, 3.8) is 0 Å². The van der Waals surface area contributed by atoms with Gasteiger partial charge in [-0.3, -0.25) is 0 Å². The third-order valence-corrected chi connectivity index (χ3v) is 4.95. The van der Waals surface area contributed by atoms with Gasteiger partial charge in [0.2, 0.25) is 0 Å². The van der Waals surface area contributed by atoms with E-state index in [1.807, 2.05) is 0 Å². The van der Waals surface area contributed by atoms with Crippen LogP contribution in [0, 0.1) is 0 Å². The lowest BCUT2D eigenvalue weighted by atomic mass is 9.99. The molecule has 2 nitrogen and oxygen atoms in total. The number of benzene rings is 1. The Labute approximate surface area is 139 Å². The number of rotatable bonds is 8. The average molecular weight is 368 g/mol. The molecule has 0 aliphatic rings. The fourth-order valence-corrected chi connectivity index (χ4v) is 3.49. The number of nitrogens with one attached hydrogen (secondary N) is 1. The van der Waals surface area contributed by atoms with E-state index in [1.54, 1.807) is 18.4 Å². The molecule has 0 aliphatic heterocycles. The Morgan fingerprint density at radius 1 is 1.24 bits per heavy atom. The van der Waals surface area contributed by atoms with E-state index in [0.717, 1.165) is 26.0 Å². The number of ether oxygens (including phenoxy) is 1. The minimum absolute atomic E-state index is 0.268. The van der Waals surface area contributed by atoms with E-state index in [1.165, 1.54) is 20.5 Å². The molecule has 1 unspecified atom stereocenters. The maximum atomic E-state index is 5.13. The molecule has 0 saturated carbocycles. The Hall–Kier alpha value is -0.680. The predicted molar refractivity (Wildman–Crippen MR) is 94.2 cm³/mol. The lowest BCUT2D eigenvalue weighted by molar-refractivity contribution is 0.202. The quantitative estimate of drug-likeness (QED) is 0.724. The highest BCUT2D eigenvalue weighted by molar-refractivity contribution is 9.11. The van der Waals surface area contributed by atoms with Crippen molar-refractivity contribution in [3.8, 4) is 0 Å². The molecule has 1 aromatic heterocycles. The third-order valence-electron chi connectivity index (χ3n) is 3.43. The normalized spacial score (nSPS) is 12.5. The summed E-state index contributed by atoms with van der Waals surface area (Å²) < 4.78 is 6.31. The maximum absolute atomic E-state index is 5.13. The van der Waals surface area contributed by atoms with Gasteiger partial charge in [0.15, 0.2) is 0 Å². The molecule has 0 radical (unpaired) electrons. The van der Waals surface area contributed by atoms with Crippen LogP contribution in [0.4, 0.5) is 0 Å². The standard InChI is InChI=1S/C17H22BrNOS/c1-3-9-19-17(15-11-16(18)21-12-15)14-6-4-13(5-7-14)8-10-20-2/h4-7,11-12,17,19H,3,8-10H2,1-2H3. The Morgan fingerprint density at radius 3 is 2.57 bits per heavy atom. The second-order valence-electron chi connectivity index (χ2n) is 5.06. The van der Waals surface area contributed by atoms with Crippen molar-refractivity contribution in [1.29, 1.82) is 0 Å². The maximum Gasteiger partial charge on any atom is 0.0701 e. The molecular weight excluding hydrogens is 346 g/mol. The minimum atomic E-state index is 0.268. The molecular formula is C17H22BrNOS. The van der Waals surface area contributed by atoms with Gasteiger partial charge in [0.25, 0.3) is 0 Å². The molecule has 0 aliphatic carbocycles. The lowest BCUT2D eigenvalue weighted by Gasteiger charge is -2.18. The van der Waals surface area contributed by atoms with E-state index < -0.39 is 0 Å². The first-order valence-electron chi connectivity index (χ1n) is 7.29. The van der Waals surface area contributed by atoms with Gasteiger partial charge in [-0.15, -0.1) is 11.3 Å². The summed E-state index contributed by atoms with van der Waals surface area (Å²) >= 11 is 5.29. The molecule has 0 saturated heterocycles. The van der Waals surface area contributed by atoms with Gasteiger partial charge in [-0.05, 0) is 63.5 Å². The third kappa shape index (κ3) is 4.92. The minimum Gasteiger partial charge on any atom is -0.384 e. The summed E-state index contributed by atoms with van der Waals surface area (Å²) in [5.41, 5.74) is 3.96. The molecule has 1 N–H and O–H groups in total. The average Bonchev–Trinajstić information content (AvgIpc) is 2.93. The van der Waals surface area contributed by atoms with E-state index in [2.05, 4.69) is 63.9 Å². The van der Waals surface area contributed by atoms with Crippen molar-refractivity contribution in [2.45, 2.75) is 25.8 Å². The fourth-order valence-electron chi connectivity index (χ4n) is 2.29. The molecule has 1 atom stereocenters. The number of hydrogen-bond acceptors (Lipinski definition) is 3. The van der Waals surface area contributed by atoms with Gasteiger partial charge in [-0.2, -0.15) is 0 Å². The zero-order chi connectivity index (χ0) is 15.1. The molecule has 2 aromatic rings. The van der Waals surface area contributed by atoms with Gasteiger partial charge in [-0.1, -0.05) is 31.2 Å².